The molecule has 0 bridgehead atoms. The quantitative estimate of drug-likeness (QED) is 0.777. The highest BCUT2D eigenvalue weighted by molar-refractivity contribution is 5.43. The fourth-order valence-corrected chi connectivity index (χ4v) is 1.35. The van der Waals surface area contributed by atoms with E-state index in [9.17, 15) is 13.2 Å². The molecule has 0 aliphatic carbocycles. The molecule has 6 heteroatoms. The topological polar surface area (TPSA) is 45.0 Å². The molecule has 0 radical (unpaired) electrons. The standard InChI is InChI=1S/C13H9F3N2O/c14-13(15,16)9-1-3-10(4-2-9)17-18-11-5-7-12(19)8-6-11/h1-8,19H/b18-17+. The predicted octanol–water partition coefficient (Wildman–Crippen LogP) is 4.83. The summed E-state index contributed by atoms with van der Waals surface area (Å²) in [4.78, 5) is 0. The number of phenolic OH excluding ortho intramolecular Hbond substituents is 1. The van der Waals surface area contributed by atoms with Crippen LogP contribution in [-0.4, -0.2) is 5.11 Å². The number of hydrogen-bond donors (Lipinski definition) is 1. The van der Waals surface area contributed by atoms with E-state index in [0.717, 1.165) is 12.1 Å². The summed E-state index contributed by atoms with van der Waals surface area (Å²) >= 11 is 0. The lowest BCUT2D eigenvalue weighted by atomic mass is 10.2. The molecule has 0 amide bonds. The number of aromatic hydroxyl groups is 1. The number of rotatable bonds is 2. The molecule has 3 nitrogen and oxygen atoms in total. The number of benzene rings is 2. The zero-order chi connectivity index (χ0) is 13.9. The Morgan fingerprint density at radius 1 is 0.737 bits per heavy atom. The lowest BCUT2D eigenvalue weighted by molar-refractivity contribution is -0.137. The first-order valence-corrected chi connectivity index (χ1v) is 5.33. The molecule has 0 unspecified atom stereocenters. The van der Waals surface area contributed by atoms with Gasteiger partial charge in [-0.05, 0) is 48.5 Å². The Morgan fingerprint density at radius 3 is 1.58 bits per heavy atom. The lowest BCUT2D eigenvalue weighted by Gasteiger charge is -2.05. The van der Waals surface area contributed by atoms with Crippen molar-refractivity contribution in [2.24, 2.45) is 10.2 Å². The molecule has 2 aromatic carbocycles. The van der Waals surface area contributed by atoms with E-state index in [1.807, 2.05) is 0 Å². The maximum atomic E-state index is 12.3. The number of alkyl halides is 3. The molecular formula is C13H9F3N2O. The Labute approximate surface area is 107 Å². The van der Waals surface area contributed by atoms with Gasteiger partial charge in [0.15, 0.2) is 0 Å². The first-order chi connectivity index (χ1) is 8.95. The van der Waals surface area contributed by atoms with Gasteiger partial charge in [-0.2, -0.15) is 23.4 Å². The van der Waals surface area contributed by atoms with Crippen LogP contribution >= 0.6 is 0 Å². The van der Waals surface area contributed by atoms with Gasteiger partial charge in [-0.15, -0.1) is 0 Å². The first kappa shape index (κ1) is 13.1. The van der Waals surface area contributed by atoms with Crippen molar-refractivity contribution in [3.8, 4) is 5.75 Å². The SMILES string of the molecule is Oc1ccc(/N=N/c2ccc(C(F)(F)F)cc2)cc1. The van der Waals surface area contributed by atoms with Crippen LogP contribution in [-0.2, 0) is 6.18 Å². The van der Waals surface area contributed by atoms with E-state index < -0.39 is 11.7 Å². The van der Waals surface area contributed by atoms with Crippen molar-refractivity contribution in [3.63, 3.8) is 0 Å². The summed E-state index contributed by atoms with van der Waals surface area (Å²) < 4.78 is 37.0. The van der Waals surface area contributed by atoms with Crippen LogP contribution in [0.4, 0.5) is 24.5 Å². The normalized spacial score (nSPS) is 11.9. The fraction of sp³-hybridized carbons (Fsp3) is 0.0769. The van der Waals surface area contributed by atoms with Gasteiger partial charge < -0.3 is 5.11 Å². The van der Waals surface area contributed by atoms with Crippen molar-refractivity contribution in [2.75, 3.05) is 0 Å². The highest BCUT2D eigenvalue weighted by Crippen LogP contribution is 2.30. The zero-order valence-corrected chi connectivity index (χ0v) is 9.59. The third-order valence-electron chi connectivity index (χ3n) is 2.33. The van der Waals surface area contributed by atoms with E-state index in [2.05, 4.69) is 10.2 Å². The average Bonchev–Trinajstić information content (AvgIpc) is 2.37. The Bertz CT molecular complexity index is 574. The second-order valence-corrected chi connectivity index (χ2v) is 3.76. The smallest absolute Gasteiger partial charge is 0.416 e. The first-order valence-electron chi connectivity index (χ1n) is 5.33. The number of halogens is 3. The summed E-state index contributed by atoms with van der Waals surface area (Å²) in [5, 5.41) is 16.7. The van der Waals surface area contributed by atoms with Gasteiger partial charge in [0.05, 0.1) is 16.9 Å². The molecule has 0 aliphatic rings. The van der Waals surface area contributed by atoms with Crippen LogP contribution in [0.5, 0.6) is 5.75 Å². The number of hydrogen-bond acceptors (Lipinski definition) is 3. The highest BCUT2D eigenvalue weighted by Gasteiger charge is 2.29. The Balaban J connectivity index is 2.13. The molecule has 0 aliphatic heterocycles. The van der Waals surface area contributed by atoms with Crippen LogP contribution in [0, 0.1) is 0 Å². The number of phenols is 1. The monoisotopic (exact) mass is 266 g/mol. The molecule has 0 fully saturated rings. The summed E-state index contributed by atoms with van der Waals surface area (Å²) in [6, 6.07) is 10.4. The molecule has 2 aromatic rings. The maximum absolute atomic E-state index is 12.3. The van der Waals surface area contributed by atoms with Crippen LogP contribution in [0.2, 0.25) is 0 Å². The van der Waals surface area contributed by atoms with Crippen LogP contribution in [0.15, 0.2) is 58.8 Å². The van der Waals surface area contributed by atoms with Crippen molar-refractivity contribution in [1.82, 2.24) is 0 Å². The van der Waals surface area contributed by atoms with Crippen LogP contribution in [0.25, 0.3) is 0 Å². The van der Waals surface area contributed by atoms with E-state index in [4.69, 9.17) is 5.11 Å². The Hall–Kier alpha value is -2.37. The van der Waals surface area contributed by atoms with Crippen molar-refractivity contribution in [3.05, 3.63) is 54.1 Å². The Morgan fingerprint density at radius 2 is 1.16 bits per heavy atom. The minimum absolute atomic E-state index is 0.105. The van der Waals surface area contributed by atoms with Gasteiger partial charge >= 0.3 is 6.18 Å². The summed E-state index contributed by atoms with van der Waals surface area (Å²) in [6.07, 6.45) is -4.35. The van der Waals surface area contributed by atoms with Gasteiger partial charge in [0, 0.05) is 0 Å². The molecular weight excluding hydrogens is 257 g/mol. The summed E-state index contributed by atoms with van der Waals surface area (Å²) in [5.41, 5.74) is 0.0925. The summed E-state index contributed by atoms with van der Waals surface area (Å²) in [5.74, 6) is 0.105. The third kappa shape index (κ3) is 3.54. The van der Waals surface area contributed by atoms with E-state index in [1.165, 1.54) is 24.3 Å². The lowest BCUT2D eigenvalue weighted by Crippen LogP contribution is -2.03. The van der Waals surface area contributed by atoms with Crippen molar-refractivity contribution in [2.45, 2.75) is 6.18 Å². The average molecular weight is 266 g/mol. The number of azo groups is 1. The van der Waals surface area contributed by atoms with Gasteiger partial charge in [-0.25, -0.2) is 0 Å². The van der Waals surface area contributed by atoms with Gasteiger partial charge in [-0.1, -0.05) is 0 Å². The third-order valence-corrected chi connectivity index (χ3v) is 2.33. The van der Waals surface area contributed by atoms with Crippen LogP contribution < -0.4 is 0 Å². The predicted molar refractivity (Wildman–Crippen MR) is 63.7 cm³/mol. The van der Waals surface area contributed by atoms with E-state index in [0.29, 0.717) is 11.4 Å². The largest absolute Gasteiger partial charge is 0.508 e. The molecule has 0 saturated heterocycles. The second-order valence-electron chi connectivity index (χ2n) is 3.76. The fourth-order valence-electron chi connectivity index (χ4n) is 1.35. The molecule has 0 atom stereocenters. The van der Waals surface area contributed by atoms with Crippen LogP contribution in [0.1, 0.15) is 5.56 Å². The molecule has 0 aromatic heterocycles. The van der Waals surface area contributed by atoms with Gasteiger partial charge in [0.1, 0.15) is 5.75 Å². The second kappa shape index (κ2) is 5.09. The maximum Gasteiger partial charge on any atom is 0.416 e. The van der Waals surface area contributed by atoms with Gasteiger partial charge in [0.2, 0.25) is 0 Å². The molecule has 1 N–H and O–H groups in total. The molecule has 2 rings (SSSR count). The summed E-state index contributed by atoms with van der Waals surface area (Å²) in [7, 11) is 0. The molecule has 19 heavy (non-hydrogen) atoms. The van der Waals surface area contributed by atoms with E-state index in [-0.39, 0.29) is 5.75 Å². The van der Waals surface area contributed by atoms with Crippen molar-refractivity contribution < 1.29 is 18.3 Å². The molecule has 0 heterocycles. The molecule has 98 valence electrons. The Kier molecular flexibility index (Phi) is 3.50. The van der Waals surface area contributed by atoms with Gasteiger partial charge in [-0.3, -0.25) is 0 Å². The van der Waals surface area contributed by atoms with E-state index in [1.54, 1.807) is 12.1 Å². The minimum Gasteiger partial charge on any atom is -0.508 e. The van der Waals surface area contributed by atoms with Crippen molar-refractivity contribution >= 4 is 11.4 Å². The van der Waals surface area contributed by atoms with Gasteiger partial charge in [0.25, 0.3) is 0 Å². The van der Waals surface area contributed by atoms with Crippen LogP contribution in [0.3, 0.4) is 0 Å². The van der Waals surface area contributed by atoms with E-state index >= 15 is 0 Å². The van der Waals surface area contributed by atoms with Crippen molar-refractivity contribution in [1.29, 1.82) is 0 Å². The minimum atomic E-state index is -4.35. The number of nitrogens with zero attached hydrogens (tertiary/aromatic N) is 2. The molecule has 0 saturated carbocycles. The molecule has 0 spiro atoms. The summed E-state index contributed by atoms with van der Waals surface area (Å²) in [6.45, 7) is 0. The zero-order valence-electron chi connectivity index (χ0n) is 9.59. The highest BCUT2D eigenvalue weighted by atomic mass is 19.4.